The third-order valence-electron chi connectivity index (χ3n) is 2.81. The van der Waals surface area contributed by atoms with Crippen LogP contribution in [0, 0.1) is 0 Å². The van der Waals surface area contributed by atoms with E-state index in [0.29, 0.717) is 19.7 Å². The lowest BCUT2D eigenvalue weighted by molar-refractivity contribution is -0.150. The zero-order chi connectivity index (χ0) is 11.5. The van der Waals surface area contributed by atoms with E-state index in [-0.39, 0.29) is 6.61 Å². The van der Waals surface area contributed by atoms with Crippen molar-refractivity contribution < 1.29 is 14.6 Å². The standard InChI is InChI=1S/C10H15N3O3/c1-12-7-11-4-8(12)5-13-2-3-16-6-9(13)10(14)15/h4,7,9H,2-3,5-6H2,1H3,(H,14,15). The third-order valence-corrected chi connectivity index (χ3v) is 2.81. The molecule has 0 bridgehead atoms. The SMILES string of the molecule is Cn1cncc1CN1CCOCC1C(=O)O. The Morgan fingerprint density at radius 3 is 3.19 bits per heavy atom. The van der Waals surface area contributed by atoms with Gasteiger partial charge in [-0.1, -0.05) is 0 Å². The molecule has 1 saturated heterocycles. The van der Waals surface area contributed by atoms with Gasteiger partial charge in [-0.2, -0.15) is 0 Å². The highest BCUT2D eigenvalue weighted by Gasteiger charge is 2.29. The van der Waals surface area contributed by atoms with E-state index >= 15 is 0 Å². The fourth-order valence-electron chi connectivity index (χ4n) is 1.80. The minimum Gasteiger partial charge on any atom is -0.480 e. The largest absolute Gasteiger partial charge is 0.480 e. The van der Waals surface area contributed by atoms with Crippen molar-refractivity contribution in [3.05, 3.63) is 18.2 Å². The van der Waals surface area contributed by atoms with E-state index in [1.807, 2.05) is 16.5 Å². The van der Waals surface area contributed by atoms with Gasteiger partial charge < -0.3 is 14.4 Å². The molecule has 2 heterocycles. The van der Waals surface area contributed by atoms with Crippen LogP contribution < -0.4 is 0 Å². The molecule has 1 aliphatic heterocycles. The van der Waals surface area contributed by atoms with Gasteiger partial charge >= 0.3 is 5.97 Å². The van der Waals surface area contributed by atoms with E-state index < -0.39 is 12.0 Å². The van der Waals surface area contributed by atoms with Gasteiger partial charge in [-0.3, -0.25) is 9.69 Å². The molecule has 6 nitrogen and oxygen atoms in total. The zero-order valence-corrected chi connectivity index (χ0v) is 9.17. The normalized spacial score (nSPS) is 22.2. The lowest BCUT2D eigenvalue weighted by atomic mass is 10.2. The predicted octanol–water partition coefficient (Wildman–Crippen LogP) is -0.294. The van der Waals surface area contributed by atoms with E-state index in [1.54, 1.807) is 12.5 Å². The first kappa shape index (κ1) is 11.1. The summed E-state index contributed by atoms with van der Waals surface area (Å²) in [5, 5.41) is 9.06. The number of carbonyl (C=O) groups is 1. The summed E-state index contributed by atoms with van der Waals surface area (Å²) in [6, 6.07) is -0.552. The monoisotopic (exact) mass is 225 g/mol. The lowest BCUT2D eigenvalue weighted by Gasteiger charge is -2.32. The van der Waals surface area contributed by atoms with Crippen molar-refractivity contribution in [2.24, 2.45) is 7.05 Å². The molecule has 16 heavy (non-hydrogen) atoms. The summed E-state index contributed by atoms with van der Waals surface area (Å²) in [7, 11) is 1.90. The Labute approximate surface area is 93.4 Å². The van der Waals surface area contributed by atoms with Crippen molar-refractivity contribution in [2.75, 3.05) is 19.8 Å². The lowest BCUT2D eigenvalue weighted by Crippen LogP contribution is -2.49. The maximum Gasteiger partial charge on any atom is 0.323 e. The molecule has 1 aromatic rings. The van der Waals surface area contributed by atoms with Crippen LogP contribution in [0.3, 0.4) is 0 Å². The van der Waals surface area contributed by atoms with Gasteiger partial charge in [-0.15, -0.1) is 0 Å². The van der Waals surface area contributed by atoms with Gasteiger partial charge in [-0.25, -0.2) is 4.98 Å². The highest BCUT2D eigenvalue weighted by Crippen LogP contribution is 2.11. The zero-order valence-electron chi connectivity index (χ0n) is 9.17. The van der Waals surface area contributed by atoms with Crippen molar-refractivity contribution >= 4 is 5.97 Å². The number of imidazole rings is 1. The second-order valence-corrected chi connectivity index (χ2v) is 3.90. The van der Waals surface area contributed by atoms with E-state index in [0.717, 1.165) is 5.69 Å². The van der Waals surface area contributed by atoms with Crippen molar-refractivity contribution in [1.82, 2.24) is 14.5 Å². The Bertz CT molecular complexity index is 377. The average Bonchev–Trinajstić information content (AvgIpc) is 2.65. The molecule has 0 aromatic carbocycles. The predicted molar refractivity (Wildman–Crippen MR) is 55.9 cm³/mol. The molecule has 88 valence electrons. The highest BCUT2D eigenvalue weighted by molar-refractivity contribution is 5.73. The van der Waals surface area contributed by atoms with Crippen LogP contribution in [0.5, 0.6) is 0 Å². The second-order valence-electron chi connectivity index (χ2n) is 3.90. The summed E-state index contributed by atoms with van der Waals surface area (Å²) in [4.78, 5) is 17.0. The van der Waals surface area contributed by atoms with Crippen LogP contribution in [0.4, 0.5) is 0 Å². The van der Waals surface area contributed by atoms with E-state index in [9.17, 15) is 4.79 Å². The molecule has 1 atom stereocenters. The van der Waals surface area contributed by atoms with Crippen molar-refractivity contribution in [3.8, 4) is 0 Å². The third kappa shape index (κ3) is 2.23. The summed E-state index contributed by atoms with van der Waals surface area (Å²) in [6.07, 6.45) is 3.47. The van der Waals surface area contributed by atoms with Crippen LogP contribution in [0.25, 0.3) is 0 Å². The molecule has 1 unspecified atom stereocenters. The number of morpholine rings is 1. The number of aryl methyl sites for hydroxylation is 1. The Hall–Kier alpha value is -1.40. The fraction of sp³-hybridized carbons (Fsp3) is 0.600. The Kier molecular flexibility index (Phi) is 3.21. The molecule has 0 amide bonds. The fourth-order valence-corrected chi connectivity index (χ4v) is 1.80. The van der Waals surface area contributed by atoms with Crippen LogP contribution in [-0.4, -0.2) is 51.3 Å². The molecule has 1 fully saturated rings. The van der Waals surface area contributed by atoms with Gasteiger partial charge in [0, 0.05) is 26.3 Å². The minimum absolute atomic E-state index is 0.257. The van der Waals surface area contributed by atoms with E-state index in [4.69, 9.17) is 9.84 Å². The summed E-state index contributed by atoms with van der Waals surface area (Å²) < 4.78 is 7.08. The molecular weight excluding hydrogens is 210 g/mol. The Balaban J connectivity index is 2.07. The minimum atomic E-state index is -0.832. The number of carboxylic acids is 1. The number of ether oxygens (including phenoxy) is 1. The highest BCUT2D eigenvalue weighted by atomic mass is 16.5. The number of carboxylic acid groups (broad SMARTS) is 1. The summed E-state index contributed by atoms with van der Waals surface area (Å²) >= 11 is 0. The van der Waals surface area contributed by atoms with Gasteiger partial charge in [0.15, 0.2) is 0 Å². The van der Waals surface area contributed by atoms with Crippen molar-refractivity contribution in [2.45, 2.75) is 12.6 Å². The van der Waals surface area contributed by atoms with Crippen LogP contribution >= 0.6 is 0 Å². The number of aliphatic carboxylic acids is 1. The summed E-state index contributed by atoms with van der Waals surface area (Å²) in [5.74, 6) is -0.832. The first-order valence-corrected chi connectivity index (χ1v) is 5.18. The summed E-state index contributed by atoms with van der Waals surface area (Å²) in [6.45, 7) is 2.08. The first-order chi connectivity index (χ1) is 7.68. The molecule has 0 spiro atoms. The Morgan fingerprint density at radius 1 is 1.75 bits per heavy atom. The molecule has 1 aliphatic rings. The van der Waals surface area contributed by atoms with Crippen molar-refractivity contribution in [3.63, 3.8) is 0 Å². The molecule has 6 heteroatoms. The molecular formula is C10H15N3O3. The van der Waals surface area contributed by atoms with E-state index in [2.05, 4.69) is 4.98 Å². The van der Waals surface area contributed by atoms with Crippen LogP contribution in [0.15, 0.2) is 12.5 Å². The first-order valence-electron chi connectivity index (χ1n) is 5.18. The van der Waals surface area contributed by atoms with Crippen LogP contribution in [0.2, 0.25) is 0 Å². The molecule has 0 aliphatic carbocycles. The summed E-state index contributed by atoms with van der Waals surface area (Å²) in [5.41, 5.74) is 1.01. The van der Waals surface area contributed by atoms with Gasteiger partial charge in [-0.05, 0) is 0 Å². The molecule has 2 rings (SSSR count). The Morgan fingerprint density at radius 2 is 2.56 bits per heavy atom. The maximum absolute atomic E-state index is 11.0. The number of aromatic nitrogens is 2. The van der Waals surface area contributed by atoms with Crippen LogP contribution in [0.1, 0.15) is 5.69 Å². The number of hydrogen-bond donors (Lipinski definition) is 1. The van der Waals surface area contributed by atoms with Gasteiger partial charge in [0.25, 0.3) is 0 Å². The molecule has 1 N–H and O–H groups in total. The van der Waals surface area contributed by atoms with Gasteiger partial charge in [0.1, 0.15) is 6.04 Å². The topological polar surface area (TPSA) is 67.6 Å². The number of nitrogens with zero attached hydrogens (tertiary/aromatic N) is 3. The number of hydrogen-bond acceptors (Lipinski definition) is 4. The molecule has 0 saturated carbocycles. The van der Waals surface area contributed by atoms with Crippen molar-refractivity contribution in [1.29, 1.82) is 0 Å². The van der Waals surface area contributed by atoms with E-state index in [1.165, 1.54) is 0 Å². The molecule has 0 radical (unpaired) electrons. The average molecular weight is 225 g/mol. The smallest absolute Gasteiger partial charge is 0.323 e. The second kappa shape index (κ2) is 4.63. The maximum atomic E-state index is 11.0. The van der Waals surface area contributed by atoms with Gasteiger partial charge in [0.05, 0.1) is 25.2 Å². The van der Waals surface area contributed by atoms with Gasteiger partial charge in [0.2, 0.25) is 0 Å². The quantitative estimate of drug-likeness (QED) is 0.765. The number of rotatable bonds is 3. The van der Waals surface area contributed by atoms with Crippen LogP contribution in [-0.2, 0) is 23.1 Å². The molecule has 1 aromatic heterocycles.